The SMILES string of the molecule is Cc1ccc(Sc2ncccc2[C@H](C)O)c(C)c1. The Balaban J connectivity index is 2.34. The zero-order valence-corrected chi connectivity index (χ0v) is 11.7. The summed E-state index contributed by atoms with van der Waals surface area (Å²) in [5.41, 5.74) is 3.37. The van der Waals surface area contributed by atoms with E-state index in [1.54, 1.807) is 24.9 Å². The van der Waals surface area contributed by atoms with Gasteiger partial charge in [-0.3, -0.25) is 0 Å². The molecule has 0 fully saturated rings. The molecule has 0 bridgehead atoms. The Labute approximate surface area is 112 Å². The molecule has 0 radical (unpaired) electrons. The minimum Gasteiger partial charge on any atom is -0.389 e. The minimum atomic E-state index is -0.494. The van der Waals surface area contributed by atoms with Crippen molar-refractivity contribution in [3.05, 3.63) is 53.2 Å². The lowest BCUT2D eigenvalue weighted by molar-refractivity contribution is 0.195. The van der Waals surface area contributed by atoms with Gasteiger partial charge in [-0.2, -0.15) is 0 Å². The molecule has 0 spiro atoms. The summed E-state index contributed by atoms with van der Waals surface area (Å²) in [6, 6.07) is 10.1. The highest BCUT2D eigenvalue weighted by Crippen LogP contribution is 2.33. The first-order valence-corrected chi connectivity index (χ1v) is 6.77. The third-order valence-corrected chi connectivity index (χ3v) is 4.00. The fourth-order valence-corrected chi connectivity index (χ4v) is 2.86. The number of aryl methyl sites for hydroxylation is 2. The molecule has 0 aliphatic heterocycles. The van der Waals surface area contributed by atoms with E-state index in [1.165, 1.54) is 16.0 Å². The van der Waals surface area contributed by atoms with E-state index in [2.05, 4.69) is 37.0 Å². The van der Waals surface area contributed by atoms with Crippen molar-refractivity contribution in [2.45, 2.75) is 36.8 Å². The second-order valence-corrected chi connectivity index (χ2v) is 5.48. The summed E-state index contributed by atoms with van der Waals surface area (Å²) in [6.07, 6.45) is 1.27. The summed E-state index contributed by atoms with van der Waals surface area (Å²) in [7, 11) is 0. The third kappa shape index (κ3) is 2.92. The van der Waals surface area contributed by atoms with E-state index >= 15 is 0 Å². The van der Waals surface area contributed by atoms with Gasteiger partial charge in [-0.25, -0.2) is 4.98 Å². The molecule has 1 aromatic heterocycles. The molecule has 2 aromatic rings. The van der Waals surface area contributed by atoms with Crippen LogP contribution < -0.4 is 0 Å². The summed E-state index contributed by atoms with van der Waals surface area (Å²) >= 11 is 1.61. The monoisotopic (exact) mass is 259 g/mol. The van der Waals surface area contributed by atoms with Gasteiger partial charge in [0, 0.05) is 16.7 Å². The average Bonchev–Trinajstić information content (AvgIpc) is 2.33. The molecule has 1 atom stereocenters. The van der Waals surface area contributed by atoms with E-state index < -0.39 is 6.10 Å². The molecule has 1 N–H and O–H groups in total. The number of aliphatic hydroxyl groups is 1. The number of hydrogen-bond donors (Lipinski definition) is 1. The number of nitrogens with zero attached hydrogens (tertiary/aromatic N) is 1. The molecule has 3 heteroatoms. The highest BCUT2D eigenvalue weighted by molar-refractivity contribution is 7.99. The molecule has 0 saturated heterocycles. The van der Waals surface area contributed by atoms with Gasteiger partial charge < -0.3 is 5.11 Å². The van der Waals surface area contributed by atoms with E-state index in [0.29, 0.717) is 0 Å². The fraction of sp³-hybridized carbons (Fsp3) is 0.267. The van der Waals surface area contributed by atoms with Gasteiger partial charge >= 0.3 is 0 Å². The van der Waals surface area contributed by atoms with Crippen LogP contribution in [0.4, 0.5) is 0 Å². The van der Waals surface area contributed by atoms with Crippen molar-refractivity contribution in [3.63, 3.8) is 0 Å². The van der Waals surface area contributed by atoms with Gasteiger partial charge in [-0.15, -0.1) is 0 Å². The van der Waals surface area contributed by atoms with Crippen molar-refractivity contribution in [2.24, 2.45) is 0 Å². The van der Waals surface area contributed by atoms with E-state index in [1.807, 2.05) is 12.1 Å². The first-order chi connectivity index (χ1) is 8.58. The van der Waals surface area contributed by atoms with Gasteiger partial charge in [-0.05, 0) is 38.5 Å². The van der Waals surface area contributed by atoms with Crippen molar-refractivity contribution < 1.29 is 5.11 Å². The Kier molecular flexibility index (Phi) is 4.04. The average molecular weight is 259 g/mol. The van der Waals surface area contributed by atoms with Crippen molar-refractivity contribution >= 4 is 11.8 Å². The van der Waals surface area contributed by atoms with Crippen molar-refractivity contribution in [1.29, 1.82) is 0 Å². The Morgan fingerprint density at radius 3 is 2.67 bits per heavy atom. The second-order valence-electron chi connectivity index (χ2n) is 4.44. The molecule has 1 heterocycles. The van der Waals surface area contributed by atoms with Crippen LogP contribution in [0.15, 0.2) is 46.5 Å². The first-order valence-electron chi connectivity index (χ1n) is 5.96. The molecule has 0 aliphatic rings. The van der Waals surface area contributed by atoms with Crippen LogP contribution in [0.2, 0.25) is 0 Å². The Morgan fingerprint density at radius 1 is 1.22 bits per heavy atom. The maximum absolute atomic E-state index is 9.74. The van der Waals surface area contributed by atoms with E-state index in [4.69, 9.17) is 0 Å². The highest BCUT2D eigenvalue weighted by Gasteiger charge is 2.11. The third-order valence-electron chi connectivity index (χ3n) is 2.79. The van der Waals surface area contributed by atoms with Gasteiger partial charge in [0.25, 0.3) is 0 Å². The van der Waals surface area contributed by atoms with Crippen LogP contribution >= 0.6 is 11.8 Å². The molecule has 18 heavy (non-hydrogen) atoms. The lowest BCUT2D eigenvalue weighted by Gasteiger charge is -2.11. The topological polar surface area (TPSA) is 33.1 Å². The van der Waals surface area contributed by atoms with Crippen LogP contribution in [0.5, 0.6) is 0 Å². The summed E-state index contributed by atoms with van der Waals surface area (Å²) in [5.74, 6) is 0. The molecule has 2 nitrogen and oxygen atoms in total. The van der Waals surface area contributed by atoms with E-state index in [-0.39, 0.29) is 0 Å². The summed E-state index contributed by atoms with van der Waals surface area (Å²) < 4.78 is 0. The lowest BCUT2D eigenvalue weighted by atomic mass is 10.2. The highest BCUT2D eigenvalue weighted by atomic mass is 32.2. The van der Waals surface area contributed by atoms with Crippen LogP contribution in [0.25, 0.3) is 0 Å². The number of benzene rings is 1. The number of rotatable bonds is 3. The standard InChI is InChI=1S/C15H17NOS/c1-10-6-7-14(11(2)9-10)18-15-13(12(3)17)5-4-8-16-15/h4-9,12,17H,1-3H3/t12-/m0/s1. The van der Waals surface area contributed by atoms with Crippen LogP contribution in [0.1, 0.15) is 29.7 Å². The molecule has 0 unspecified atom stereocenters. The van der Waals surface area contributed by atoms with Crippen LogP contribution in [0, 0.1) is 13.8 Å². The largest absolute Gasteiger partial charge is 0.389 e. The number of aliphatic hydroxyl groups excluding tert-OH is 1. The summed E-state index contributed by atoms with van der Waals surface area (Å²) in [6.45, 7) is 5.95. The summed E-state index contributed by atoms with van der Waals surface area (Å²) in [4.78, 5) is 5.54. The lowest BCUT2D eigenvalue weighted by Crippen LogP contribution is -1.96. The Hall–Kier alpha value is -1.32. The molecular formula is C15H17NOS. The van der Waals surface area contributed by atoms with Crippen molar-refractivity contribution in [2.75, 3.05) is 0 Å². The minimum absolute atomic E-state index is 0.494. The van der Waals surface area contributed by atoms with Gasteiger partial charge in [-0.1, -0.05) is 35.5 Å². The second kappa shape index (κ2) is 5.55. The first kappa shape index (κ1) is 13.1. The zero-order chi connectivity index (χ0) is 13.1. The predicted molar refractivity (Wildman–Crippen MR) is 74.9 cm³/mol. The van der Waals surface area contributed by atoms with Gasteiger partial charge in [0.05, 0.1) is 6.10 Å². The summed E-state index contributed by atoms with van der Waals surface area (Å²) in [5, 5.41) is 10.6. The van der Waals surface area contributed by atoms with E-state index in [0.717, 1.165) is 10.6 Å². The molecule has 0 saturated carbocycles. The van der Waals surface area contributed by atoms with Gasteiger partial charge in [0.1, 0.15) is 5.03 Å². The molecule has 2 rings (SSSR count). The Morgan fingerprint density at radius 2 is 2.00 bits per heavy atom. The Bertz CT molecular complexity index is 552. The van der Waals surface area contributed by atoms with Crippen LogP contribution in [-0.2, 0) is 0 Å². The van der Waals surface area contributed by atoms with Crippen LogP contribution in [0.3, 0.4) is 0 Å². The normalized spacial score (nSPS) is 12.4. The molecular weight excluding hydrogens is 242 g/mol. The van der Waals surface area contributed by atoms with Crippen LogP contribution in [-0.4, -0.2) is 10.1 Å². The van der Waals surface area contributed by atoms with Crippen molar-refractivity contribution in [1.82, 2.24) is 4.98 Å². The molecule has 1 aromatic carbocycles. The maximum atomic E-state index is 9.74. The van der Waals surface area contributed by atoms with Gasteiger partial charge in [0.15, 0.2) is 0 Å². The van der Waals surface area contributed by atoms with E-state index in [9.17, 15) is 5.11 Å². The molecule has 0 amide bonds. The van der Waals surface area contributed by atoms with Crippen molar-refractivity contribution in [3.8, 4) is 0 Å². The van der Waals surface area contributed by atoms with Gasteiger partial charge in [0.2, 0.25) is 0 Å². The molecule has 0 aliphatic carbocycles. The smallest absolute Gasteiger partial charge is 0.107 e. The quantitative estimate of drug-likeness (QED) is 0.907. The molecule has 94 valence electrons. The maximum Gasteiger partial charge on any atom is 0.107 e. The fourth-order valence-electron chi connectivity index (χ4n) is 1.82. The zero-order valence-electron chi connectivity index (χ0n) is 10.8. The number of hydrogen-bond acceptors (Lipinski definition) is 3. The number of pyridine rings is 1. The predicted octanol–water partition coefficient (Wildman–Crippen LogP) is 3.90. The number of aromatic nitrogens is 1.